The Bertz CT molecular complexity index is 252. The van der Waals surface area contributed by atoms with Gasteiger partial charge in [-0.3, -0.25) is 0 Å². The van der Waals surface area contributed by atoms with Crippen LogP contribution in [0.1, 0.15) is 25.3 Å². The molecule has 13 heavy (non-hydrogen) atoms. The molecule has 0 aliphatic carbocycles. The van der Waals surface area contributed by atoms with E-state index in [2.05, 4.69) is 9.97 Å². The van der Waals surface area contributed by atoms with E-state index in [1.165, 1.54) is 18.7 Å². The van der Waals surface area contributed by atoms with E-state index in [9.17, 15) is 4.39 Å². The molecule has 0 spiro atoms. The molecule has 1 aromatic rings. The molecule has 0 saturated heterocycles. The predicted octanol–water partition coefficient (Wildman–Crippen LogP) is 1.40. The van der Waals surface area contributed by atoms with Crippen molar-refractivity contribution in [3.8, 4) is 0 Å². The summed E-state index contributed by atoms with van der Waals surface area (Å²) in [5.74, 6) is 0. The van der Waals surface area contributed by atoms with Crippen LogP contribution in [0.2, 0.25) is 0 Å². The van der Waals surface area contributed by atoms with Crippen LogP contribution in [0.4, 0.5) is 4.39 Å². The van der Waals surface area contributed by atoms with Crippen LogP contribution in [0.25, 0.3) is 0 Å². The Morgan fingerprint density at radius 2 is 2.08 bits per heavy atom. The summed E-state index contributed by atoms with van der Waals surface area (Å²) in [7, 11) is 0. The van der Waals surface area contributed by atoms with Crippen molar-refractivity contribution in [2.24, 2.45) is 5.73 Å². The summed E-state index contributed by atoms with van der Waals surface area (Å²) in [5, 5.41) is 0. The Labute approximate surface area is 77.2 Å². The lowest BCUT2D eigenvalue weighted by molar-refractivity contribution is 0.158. The van der Waals surface area contributed by atoms with Gasteiger partial charge in [-0.05, 0) is 6.42 Å². The van der Waals surface area contributed by atoms with Gasteiger partial charge in [0.15, 0.2) is 5.67 Å². The number of hydrogen-bond donors (Lipinski definition) is 1. The van der Waals surface area contributed by atoms with E-state index in [-0.39, 0.29) is 6.54 Å². The molecule has 0 aromatic carbocycles. The molecule has 1 unspecified atom stereocenters. The lowest BCUT2D eigenvalue weighted by Gasteiger charge is -2.22. The second-order valence-corrected chi connectivity index (χ2v) is 3.05. The predicted molar refractivity (Wildman–Crippen MR) is 48.8 cm³/mol. The maximum Gasteiger partial charge on any atom is 0.151 e. The minimum atomic E-state index is -1.46. The van der Waals surface area contributed by atoms with E-state index in [1.807, 2.05) is 6.92 Å². The summed E-state index contributed by atoms with van der Waals surface area (Å²) >= 11 is 0. The summed E-state index contributed by atoms with van der Waals surface area (Å²) in [5.41, 5.74) is 4.40. The van der Waals surface area contributed by atoms with E-state index in [0.29, 0.717) is 12.0 Å². The summed E-state index contributed by atoms with van der Waals surface area (Å²) in [6.45, 7) is 1.90. The van der Waals surface area contributed by atoms with Crippen LogP contribution in [-0.4, -0.2) is 16.5 Å². The fourth-order valence-electron chi connectivity index (χ4n) is 1.29. The second-order valence-electron chi connectivity index (χ2n) is 3.05. The first-order valence-electron chi connectivity index (χ1n) is 4.37. The largest absolute Gasteiger partial charge is 0.327 e. The normalized spacial score (nSPS) is 15.3. The van der Waals surface area contributed by atoms with Gasteiger partial charge in [-0.15, -0.1) is 0 Å². The van der Waals surface area contributed by atoms with Crippen molar-refractivity contribution in [3.05, 3.63) is 24.3 Å². The molecule has 0 aliphatic rings. The quantitative estimate of drug-likeness (QED) is 0.767. The minimum absolute atomic E-state index is 0.0196. The third kappa shape index (κ3) is 2.21. The van der Waals surface area contributed by atoms with Gasteiger partial charge >= 0.3 is 0 Å². The number of rotatable bonds is 4. The molecule has 3 nitrogen and oxygen atoms in total. The molecule has 4 heteroatoms. The van der Waals surface area contributed by atoms with Crippen LogP contribution >= 0.6 is 0 Å². The zero-order valence-corrected chi connectivity index (χ0v) is 7.70. The minimum Gasteiger partial charge on any atom is -0.327 e. The fourth-order valence-corrected chi connectivity index (χ4v) is 1.29. The van der Waals surface area contributed by atoms with E-state index in [1.54, 1.807) is 0 Å². The molecule has 72 valence electrons. The molecule has 1 aromatic heterocycles. The summed E-state index contributed by atoms with van der Waals surface area (Å²) in [4.78, 5) is 7.55. The van der Waals surface area contributed by atoms with Gasteiger partial charge in [0.1, 0.15) is 6.33 Å². The summed E-state index contributed by atoms with van der Waals surface area (Å²) in [6.07, 6.45) is 5.51. The van der Waals surface area contributed by atoms with Crippen LogP contribution in [0.15, 0.2) is 18.7 Å². The molecule has 0 fully saturated rings. The number of halogens is 1. The number of nitrogens with zero attached hydrogens (tertiary/aromatic N) is 2. The lowest BCUT2D eigenvalue weighted by atomic mass is 9.94. The van der Waals surface area contributed by atoms with E-state index in [4.69, 9.17) is 5.73 Å². The van der Waals surface area contributed by atoms with Crippen molar-refractivity contribution in [3.63, 3.8) is 0 Å². The molecule has 0 bridgehead atoms. The maximum atomic E-state index is 14.0. The first kappa shape index (κ1) is 10.1. The Balaban J connectivity index is 2.89. The van der Waals surface area contributed by atoms with Gasteiger partial charge in [-0.2, -0.15) is 0 Å². The standard InChI is InChI=1S/C9H14FN3/c1-2-3-9(10,6-11)8-4-12-7-13-5-8/h4-5,7H,2-3,6,11H2,1H3. The molecule has 0 radical (unpaired) electrons. The highest BCUT2D eigenvalue weighted by Crippen LogP contribution is 2.28. The highest BCUT2D eigenvalue weighted by molar-refractivity contribution is 5.14. The van der Waals surface area contributed by atoms with Crippen LogP contribution in [-0.2, 0) is 5.67 Å². The van der Waals surface area contributed by atoms with Crippen LogP contribution in [0.5, 0.6) is 0 Å². The number of aromatic nitrogens is 2. The molecule has 2 N–H and O–H groups in total. The van der Waals surface area contributed by atoms with Crippen molar-refractivity contribution in [2.75, 3.05) is 6.54 Å². The molecule has 0 amide bonds. The Morgan fingerprint density at radius 1 is 1.46 bits per heavy atom. The Morgan fingerprint density at radius 3 is 2.54 bits per heavy atom. The third-order valence-electron chi connectivity index (χ3n) is 2.05. The number of hydrogen-bond acceptors (Lipinski definition) is 3. The van der Waals surface area contributed by atoms with E-state index < -0.39 is 5.67 Å². The summed E-state index contributed by atoms with van der Waals surface area (Å²) < 4.78 is 14.0. The van der Waals surface area contributed by atoms with Crippen LogP contribution in [0.3, 0.4) is 0 Å². The topological polar surface area (TPSA) is 51.8 Å². The second kappa shape index (κ2) is 4.28. The third-order valence-corrected chi connectivity index (χ3v) is 2.05. The molecule has 1 heterocycles. The first-order chi connectivity index (χ1) is 6.23. The fraction of sp³-hybridized carbons (Fsp3) is 0.556. The van der Waals surface area contributed by atoms with Crippen LogP contribution < -0.4 is 5.73 Å². The number of nitrogens with two attached hydrogens (primary N) is 1. The van der Waals surface area contributed by atoms with E-state index >= 15 is 0 Å². The zero-order valence-electron chi connectivity index (χ0n) is 7.70. The molecular weight excluding hydrogens is 169 g/mol. The average Bonchev–Trinajstić information content (AvgIpc) is 2.19. The van der Waals surface area contributed by atoms with Gasteiger partial charge in [0.25, 0.3) is 0 Å². The monoisotopic (exact) mass is 183 g/mol. The van der Waals surface area contributed by atoms with Gasteiger partial charge in [0.2, 0.25) is 0 Å². The van der Waals surface area contributed by atoms with Gasteiger partial charge in [0.05, 0.1) is 0 Å². The van der Waals surface area contributed by atoms with Crippen molar-refractivity contribution >= 4 is 0 Å². The van der Waals surface area contributed by atoms with Crippen molar-refractivity contribution in [2.45, 2.75) is 25.4 Å². The maximum absolute atomic E-state index is 14.0. The lowest BCUT2D eigenvalue weighted by Crippen LogP contribution is -2.30. The summed E-state index contributed by atoms with van der Waals surface area (Å²) in [6, 6.07) is 0. The molecule has 0 saturated carbocycles. The van der Waals surface area contributed by atoms with Crippen molar-refractivity contribution in [1.82, 2.24) is 9.97 Å². The Hall–Kier alpha value is -1.03. The molecule has 1 rings (SSSR count). The average molecular weight is 183 g/mol. The highest BCUT2D eigenvalue weighted by Gasteiger charge is 2.29. The SMILES string of the molecule is CCCC(F)(CN)c1cncnc1. The molecular formula is C9H14FN3. The van der Waals surface area contributed by atoms with Gasteiger partial charge in [-0.25, -0.2) is 14.4 Å². The number of alkyl halides is 1. The van der Waals surface area contributed by atoms with Crippen molar-refractivity contribution in [1.29, 1.82) is 0 Å². The zero-order chi connectivity index (χ0) is 9.73. The van der Waals surface area contributed by atoms with Gasteiger partial charge in [-0.1, -0.05) is 13.3 Å². The van der Waals surface area contributed by atoms with Crippen molar-refractivity contribution < 1.29 is 4.39 Å². The smallest absolute Gasteiger partial charge is 0.151 e. The Kier molecular flexibility index (Phi) is 3.31. The van der Waals surface area contributed by atoms with Crippen LogP contribution in [0, 0.1) is 0 Å². The highest BCUT2D eigenvalue weighted by atomic mass is 19.1. The van der Waals surface area contributed by atoms with Gasteiger partial charge < -0.3 is 5.73 Å². The van der Waals surface area contributed by atoms with E-state index in [0.717, 1.165) is 6.42 Å². The van der Waals surface area contributed by atoms with Gasteiger partial charge in [0, 0.05) is 24.5 Å². The molecule has 0 aliphatic heterocycles. The first-order valence-corrected chi connectivity index (χ1v) is 4.37. The molecule has 1 atom stereocenters.